The molecular weight excluding hydrogens is 314 g/mol. The number of rotatable bonds is 0. The standard InChI is InChI=1S/C9H7Br2NO2/c10-9(11)7(13)5-3-1-2-4-6(5)14-8(9)12/h1-4,8H,12H2. The van der Waals surface area contributed by atoms with Gasteiger partial charge in [0.25, 0.3) is 0 Å². The Bertz CT molecular complexity index is 392. The maximum Gasteiger partial charge on any atom is 0.199 e. The third-order valence-electron chi connectivity index (χ3n) is 2.05. The van der Waals surface area contributed by atoms with Crippen molar-refractivity contribution in [2.75, 3.05) is 0 Å². The fourth-order valence-electron chi connectivity index (χ4n) is 1.28. The third-order valence-corrected chi connectivity index (χ3v) is 3.67. The molecule has 0 fully saturated rings. The molecule has 2 N–H and O–H groups in total. The number of alkyl halides is 2. The first-order valence-electron chi connectivity index (χ1n) is 3.97. The van der Waals surface area contributed by atoms with E-state index in [1.807, 2.05) is 0 Å². The lowest BCUT2D eigenvalue weighted by atomic mass is 10.0. The zero-order valence-electron chi connectivity index (χ0n) is 7.04. The number of halogens is 2. The molecule has 1 heterocycles. The van der Waals surface area contributed by atoms with Crippen LogP contribution in [0.3, 0.4) is 0 Å². The maximum absolute atomic E-state index is 11.9. The van der Waals surface area contributed by atoms with Crippen molar-refractivity contribution in [1.82, 2.24) is 0 Å². The molecule has 0 aliphatic carbocycles. The maximum atomic E-state index is 11.9. The number of carbonyl (C=O) groups is 1. The van der Waals surface area contributed by atoms with Crippen molar-refractivity contribution in [3.8, 4) is 5.75 Å². The monoisotopic (exact) mass is 319 g/mol. The van der Waals surface area contributed by atoms with Gasteiger partial charge in [0.05, 0.1) is 5.56 Å². The van der Waals surface area contributed by atoms with E-state index in [0.29, 0.717) is 11.3 Å². The molecule has 1 aromatic rings. The summed E-state index contributed by atoms with van der Waals surface area (Å²) in [6.45, 7) is 0. The molecule has 1 unspecified atom stereocenters. The van der Waals surface area contributed by atoms with Crippen LogP contribution < -0.4 is 10.5 Å². The number of ether oxygens (including phenoxy) is 1. The van der Waals surface area contributed by atoms with Crippen LogP contribution in [0, 0.1) is 0 Å². The molecule has 0 saturated carbocycles. The first-order chi connectivity index (χ1) is 6.53. The summed E-state index contributed by atoms with van der Waals surface area (Å²) in [6, 6.07) is 7.02. The zero-order valence-corrected chi connectivity index (χ0v) is 10.2. The minimum Gasteiger partial charge on any atom is -0.472 e. The van der Waals surface area contributed by atoms with Gasteiger partial charge in [-0.2, -0.15) is 0 Å². The fraction of sp³-hybridized carbons (Fsp3) is 0.222. The van der Waals surface area contributed by atoms with Gasteiger partial charge < -0.3 is 4.74 Å². The van der Waals surface area contributed by atoms with E-state index in [0.717, 1.165) is 0 Å². The van der Waals surface area contributed by atoms with E-state index in [4.69, 9.17) is 10.5 Å². The molecule has 0 aromatic heterocycles. The van der Waals surface area contributed by atoms with Gasteiger partial charge in [0.2, 0.25) is 0 Å². The Balaban J connectivity index is 2.55. The number of nitrogens with two attached hydrogens (primary N) is 1. The van der Waals surface area contributed by atoms with Gasteiger partial charge >= 0.3 is 0 Å². The molecule has 0 spiro atoms. The van der Waals surface area contributed by atoms with Crippen LogP contribution in [0.2, 0.25) is 0 Å². The quantitative estimate of drug-likeness (QED) is 0.744. The fourth-order valence-corrected chi connectivity index (χ4v) is 1.89. The molecule has 1 aromatic carbocycles. The molecule has 2 rings (SSSR count). The van der Waals surface area contributed by atoms with Crippen molar-refractivity contribution in [3.63, 3.8) is 0 Å². The third kappa shape index (κ3) is 1.39. The Morgan fingerprint density at radius 1 is 1.36 bits per heavy atom. The summed E-state index contributed by atoms with van der Waals surface area (Å²) in [5.74, 6) is 0.409. The van der Waals surface area contributed by atoms with Crippen LogP contribution in [0.5, 0.6) is 5.75 Å². The van der Waals surface area contributed by atoms with Gasteiger partial charge in [0.15, 0.2) is 15.2 Å². The Kier molecular flexibility index (Phi) is 2.41. The van der Waals surface area contributed by atoms with E-state index >= 15 is 0 Å². The topological polar surface area (TPSA) is 52.3 Å². The van der Waals surface area contributed by atoms with Crippen molar-refractivity contribution >= 4 is 37.6 Å². The van der Waals surface area contributed by atoms with Crippen LogP contribution in [-0.2, 0) is 0 Å². The molecule has 0 bridgehead atoms. The van der Waals surface area contributed by atoms with Gasteiger partial charge in [-0.15, -0.1) is 0 Å². The summed E-state index contributed by atoms with van der Waals surface area (Å²) >= 11 is 6.42. The first-order valence-corrected chi connectivity index (χ1v) is 5.56. The number of hydrogen-bond donors (Lipinski definition) is 1. The van der Waals surface area contributed by atoms with Crippen LogP contribution in [0.4, 0.5) is 0 Å². The van der Waals surface area contributed by atoms with E-state index in [1.165, 1.54) is 0 Å². The van der Waals surface area contributed by atoms with Crippen molar-refractivity contribution in [3.05, 3.63) is 29.8 Å². The van der Waals surface area contributed by atoms with Gasteiger partial charge in [0, 0.05) is 0 Å². The summed E-state index contributed by atoms with van der Waals surface area (Å²) in [5.41, 5.74) is 6.21. The largest absolute Gasteiger partial charge is 0.472 e. The number of Topliss-reactive ketones (excluding diaryl/α,β-unsaturated/α-hetero) is 1. The summed E-state index contributed by atoms with van der Waals surface area (Å²) < 4.78 is 4.36. The van der Waals surface area contributed by atoms with Crippen LogP contribution >= 0.6 is 31.9 Å². The predicted octanol–water partition coefficient (Wildman–Crippen LogP) is 2.03. The van der Waals surface area contributed by atoms with Crippen LogP contribution in [0.25, 0.3) is 0 Å². The Morgan fingerprint density at radius 3 is 2.71 bits per heavy atom. The highest BCUT2D eigenvalue weighted by molar-refractivity contribution is 9.26. The second-order valence-corrected chi connectivity index (χ2v) is 6.55. The summed E-state index contributed by atoms with van der Waals surface area (Å²) in [5, 5.41) is 0. The highest BCUT2D eigenvalue weighted by atomic mass is 79.9. The molecule has 14 heavy (non-hydrogen) atoms. The number of carbonyl (C=O) groups excluding carboxylic acids is 1. The molecule has 5 heteroatoms. The van der Waals surface area contributed by atoms with Crippen LogP contribution in [-0.4, -0.2) is 15.2 Å². The van der Waals surface area contributed by atoms with Crippen molar-refractivity contribution in [1.29, 1.82) is 0 Å². The molecular formula is C9H7Br2NO2. The first kappa shape index (κ1) is 10.1. The van der Waals surface area contributed by atoms with Gasteiger partial charge in [-0.05, 0) is 12.1 Å². The molecule has 1 atom stereocenters. The Labute approximate surface area is 97.9 Å². The van der Waals surface area contributed by atoms with Crippen molar-refractivity contribution < 1.29 is 9.53 Å². The highest BCUT2D eigenvalue weighted by Gasteiger charge is 2.46. The van der Waals surface area contributed by atoms with E-state index in [1.54, 1.807) is 24.3 Å². The molecule has 0 saturated heterocycles. The van der Waals surface area contributed by atoms with E-state index in [-0.39, 0.29) is 5.78 Å². The van der Waals surface area contributed by atoms with Gasteiger partial charge in [-0.3, -0.25) is 10.5 Å². The Hall–Kier alpha value is -0.390. The lowest BCUT2D eigenvalue weighted by Crippen LogP contribution is -2.51. The summed E-state index contributed by atoms with van der Waals surface area (Å²) in [7, 11) is 0. The minimum absolute atomic E-state index is 0.119. The lowest BCUT2D eigenvalue weighted by Gasteiger charge is -2.32. The van der Waals surface area contributed by atoms with Crippen molar-refractivity contribution in [2.24, 2.45) is 5.73 Å². The summed E-state index contributed by atoms with van der Waals surface area (Å²) in [6.07, 6.45) is -0.732. The van der Waals surface area contributed by atoms with Gasteiger partial charge in [0.1, 0.15) is 5.75 Å². The molecule has 1 aliphatic rings. The normalized spacial score (nSPS) is 23.9. The lowest BCUT2D eigenvalue weighted by molar-refractivity contribution is 0.0858. The van der Waals surface area contributed by atoms with Crippen LogP contribution in [0.15, 0.2) is 24.3 Å². The van der Waals surface area contributed by atoms with E-state index < -0.39 is 9.46 Å². The minimum atomic E-state index is -1.02. The molecule has 0 radical (unpaired) electrons. The number of hydrogen-bond acceptors (Lipinski definition) is 3. The predicted molar refractivity (Wildman–Crippen MR) is 60.0 cm³/mol. The second kappa shape index (κ2) is 3.32. The zero-order chi connectivity index (χ0) is 10.3. The highest BCUT2D eigenvalue weighted by Crippen LogP contribution is 2.40. The molecule has 3 nitrogen and oxygen atoms in total. The molecule has 1 aliphatic heterocycles. The smallest absolute Gasteiger partial charge is 0.199 e. The SMILES string of the molecule is NC1Oc2ccccc2C(=O)C1(Br)Br. The van der Waals surface area contributed by atoms with Gasteiger partial charge in [-0.1, -0.05) is 44.0 Å². The average molecular weight is 321 g/mol. The van der Waals surface area contributed by atoms with Crippen LogP contribution in [0.1, 0.15) is 10.4 Å². The second-order valence-electron chi connectivity index (χ2n) is 2.99. The summed E-state index contributed by atoms with van der Waals surface area (Å²) in [4.78, 5) is 11.9. The number of ketones is 1. The molecule has 0 amide bonds. The number of para-hydroxylation sites is 1. The van der Waals surface area contributed by atoms with E-state index in [2.05, 4.69) is 31.9 Å². The van der Waals surface area contributed by atoms with Gasteiger partial charge in [-0.25, -0.2) is 0 Å². The number of benzene rings is 1. The van der Waals surface area contributed by atoms with E-state index in [9.17, 15) is 4.79 Å². The Morgan fingerprint density at radius 2 is 2.00 bits per heavy atom. The molecule has 74 valence electrons. The number of fused-ring (bicyclic) bond motifs is 1. The average Bonchev–Trinajstić information content (AvgIpc) is 2.15. The van der Waals surface area contributed by atoms with Crippen molar-refractivity contribution in [2.45, 2.75) is 9.46 Å².